The van der Waals surface area contributed by atoms with Crippen LogP contribution in [-0.4, -0.2) is 18.0 Å². The van der Waals surface area contributed by atoms with Gasteiger partial charge < -0.3 is 20.5 Å². The van der Waals surface area contributed by atoms with Gasteiger partial charge in [-0.1, -0.05) is 28.1 Å². The third-order valence-electron chi connectivity index (χ3n) is 3.95. The molecule has 144 valence electrons. The van der Waals surface area contributed by atoms with E-state index < -0.39 is 0 Å². The van der Waals surface area contributed by atoms with Crippen LogP contribution in [0.5, 0.6) is 11.5 Å². The van der Waals surface area contributed by atoms with Gasteiger partial charge in [0.25, 0.3) is 5.91 Å². The number of halogens is 1. The van der Waals surface area contributed by atoms with E-state index in [0.29, 0.717) is 24.4 Å². The third kappa shape index (κ3) is 5.31. The van der Waals surface area contributed by atoms with Crippen molar-refractivity contribution in [2.45, 2.75) is 13.2 Å². The van der Waals surface area contributed by atoms with Crippen LogP contribution in [0.2, 0.25) is 0 Å². The summed E-state index contributed by atoms with van der Waals surface area (Å²) in [5, 5.41) is 2.85. The van der Waals surface area contributed by atoms with Crippen LogP contribution < -0.4 is 15.8 Å². The molecule has 0 aliphatic rings. The second-order valence-corrected chi connectivity index (χ2v) is 6.97. The van der Waals surface area contributed by atoms with Gasteiger partial charge in [-0.15, -0.1) is 0 Å². The van der Waals surface area contributed by atoms with E-state index in [2.05, 4.69) is 26.2 Å². The summed E-state index contributed by atoms with van der Waals surface area (Å²) >= 11 is 3.39. The van der Waals surface area contributed by atoms with E-state index in [9.17, 15) is 4.79 Å². The number of anilines is 1. The van der Waals surface area contributed by atoms with Gasteiger partial charge in [0, 0.05) is 18.1 Å². The average molecular weight is 442 g/mol. The zero-order chi connectivity index (χ0) is 19.9. The minimum absolute atomic E-state index is 0.185. The molecule has 3 aromatic rings. The highest BCUT2D eigenvalue weighted by atomic mass is 79.9. The summed E-state index contributed by atoms with van der Waals surface area (Å²) in [6.45, 7) is 0.720. The van der Waals surface area contributed by atoms with Crippen LogP contribution in [0.15, 0.2) is 65.1 Å². The van der Waals surface area contributed by atoms with Gasteiger partial charge in [-0.05, 0) is 54.1 Å². The van der Waals surface area contributed by atoms with E-state index in [1.54, 1.807) is 19.2 Å². The zero-order valence-corrected chi connectivity index (χ0v) is 16.9. The molecule has 28 heavy (non-hydrogen) atoms. The molecule has 1 aromatic heterocycles. The number of nitrogen functional groups attached to an aromatic ring is 1. The fourth-order valence-corrected chi connectivity index (χ4v) is 2.79. The van der Waals surface area contributed by atoms with E-state index in [1.165, 1.54) is 0 Å². The first kappa shape index (κ1) is 19.9. The summed E-state index contributed by atoms with van der Waals surface area (Å²) in [4.78, 5) is 16.5. The summed E-state index contributed by atoms with van der Waals surface area (Å²) in [7, 11) is 1.58. The Morgan fingerprint density at radius 3 is 2.29 bits per heavy atom. The number of rotatable bonds is 7. The number of methoxy groups -OCH3 is 1. The number of pyridine rings is 1. The van der Waals surface area contributed by atoms with Gasteiger partial charge in [-0.2, -0.15) is 0 Å². The molecule has 6 nitrogen and oxygen atoms in total. The Kier molecular flexibility index (Phi) is 6.62. The van der Waals surface area contributed by atoms with Gasteiger partial charge in [0.1, 0.15) is 17.3 Å². The van der Waals surface area contributed by atoms with Crippen LogP contribution in [-0.2, 0) is 17.9 Å². The van der Waals surface area contributed by atoms with Crippen LogP contribution in [0.3, 0.4) is 0 Å². The number of hydrogen-bond donors (Lipinski definition) is 2. The number of nitrogens with zero attached hydrogens (tertiary/aromatic N) is 1. The smallest absolute Gasteiger partial charge is 0.255 e. The van der Waals surface area contributed by atoms with Gasteiger partial charge in [-0.25, -0.2) is 4.98 Å². The molecule has 1 amide bonds. The average Bonchev–Trinajstić information content (AvgIpc) is 2.69. The molecule has 0 spiro atoms. The molecule has 3 N–H and O–H groups in total. The first-order chi connectivity index (χ1) is 13.5. The maximum atomic E-state index is 12.4. The standard InChI is InChI=1S/C21H20BrN3O3/c1-27-13-16-6-11-19(20(23)25-16)21(26)24-12-14-2-7-17(8-3-14)28-18-9-4-15(22)5-10-18/h2-11H,12-13H2,1H3,(H2,23,25)(H,24,26). The molecule has 2 aromatic carbocycles. The van der Waals surface area contributed by atoms with E-state index in [4.69, 9.17) is 15.2 Å². The molecule has 3 rings (SSSR count). The number of amides is 1. The van der Waals surface area contributed by atoms with E-state index in [1.807, 2.05) is 48.5 Å². The molecule has 0 bridgehead atoms. The van der Waals surface area contributed by atoms with Crippen molar-refractivity contribution >= 4 is 27.7 Å². The Hall–Kier alpha value is -2.90. The first-order valence-corrected chi connectivity index (χ1v) is 9.39. The van der Waals surface area contributed by atoms with Crippen LogP contribution in [0.1, 0.15) is 21.6 Å². The van der Waals surface area contributed by atoms with Crippen molar-refractivity contribution in [3.05, 3.63) is 82.0 Å². The number of ether oxygens (including phenoxy) is 2. The van der Waals surface area contributed by atoms with Gasteiger partial charge in [-0.3, -0.25) is 4.79 Å². The van der Waals surface area contributed by atoms with E-state index in [0.717, 1.165) is 21.5 Å². The van der Waals surface area contributed by atoms with Gasteiger partial charge in [0.2, 0.25) is 0 Å². The molecular weight excluding hydrogens is 422 g/mol. The summed E-state index contributed by atoms with van der Waals surface area (Å²) < 4.78 is 11.8. The van der Waals surface area contributed by atoms with Crippen molar-refractivity contribution in [3.8, 4) is 11.5 Å². The third-order valence-corrected chi connectivity index (χ3v) is 4.47. The lowest BCUT2D eigenvalue weighted by atomic mass is 10.2. The number of carbonyl (C=O) groups excluding carboxylic acids is 1. The normalized spacial score (nSPS) is 10.5. The predicted molar refractivity (Wildman–Crippen MR) is 111 cm³/mol. The quantitative estimate of drug-likeness (QED) is 0.570. The molecule has 7 heteroatoms. The van der Waals surface area contributed by atoms with Crippen LogP contribution in [0.4, 0.5) is 5.82 Å². The molecule has 0 saturated heterocycles. The van der Waals surface area contributed by atoms with Crippen LogP contribution >= 0.6 is 15.9 Å². The van der Waals surface area contributed by atoms with Crippen molar-refractivity contribution < 1.29 is 14.3 Å². The first-order valence-electron chi connectivity index (χ1n) is 8.60. The number of carbonyl (C=O) groups is 1. The van der Waals surface area contributed by atoms with Gasteiger partial charge in [0.15, 0.2) is 0 Å². The van der Waals surface area contributed by atoms with E-state index in [-0.39, 0.29) is 11.7 Å². The Bertz CT molecular complexity index is 944. The maximum absolute atomic E-state index is 12.4. The second kappa shape index (κ2) is 9.34. The summed E-state index contributed by atoms with van der Waals surface area (Å²) in [5.41, 5.74) is 7.84. The molecule has 0 atom stereocenters. The highest BCUT2D eigenvalue weighted by molar-refractivity contribution is 9.10. The van der Waals surface area contributed by atoms with Crippen molar-refractivity contribution in [3.63, 3.8) is 0 Å². The lowest BCUT2D eigenvalue weighted by Gasteiger charge is -2.10. The Balaban J connectivity index is 1.57. The fraction of sp³-hybridized carbons (Fsp3) is 0.143. The minimum atomic E-state index is -0.274. The molecule has 0 aliphatic heterocycles. The molecule has 1 heterocycles. The van der Waals surface area contributed by atoms with E-state index >= 15 is 0 Å². The highest BCUT2D eigenvalue weighted by Crippen LogP contribution is 2.23. The van der Waals surface area contributed by atoms with Crippen LogP contribution in [0, 0.1) is 0 Å². The molecule has 0 unspecified atom stereocenters. The minimum Gasteiger partial charge on any atom is -0.457 e. The van der Waals surface area contributed by atoms with Crippen molar-refractivity contribution in [1.29, 1.82) is 0 Å². The molecule has 0 radical (unpaired) electrons. The summed E-state index contributed by atoms with van der Waals surface area (Å²) in [6, 6.07) is 18.5. The predicted octanol–water partition coefficient (Wildman–Crippen LogP) is 4.30. The Morgan fingerprint density at radius 2 is 1.68 bits per heavy atom. The monoisotopic (exact) mass is 441 g/mol. The fourth-order valence-electron chi connectivity index (χ4n) is 2.53. The van der Waals surface area contributed by atoms with Crippen molar-refractivity contribution in [2.24, 2.45) is 0 Å². The number of benzene rings is 2. The van der Waals surface area contributed by atoms with Crippen LogP contribution in [0.25, 0.3) is 0 Å². The summed E-state index contributed by atoms with van der Waals surface area (Å²) in [5.74, 6) is 1.39. The Morgan fingerprint density at radius 1 is 1.04 bits per heavy atom. The summed E-state index contributed by atoms with van der Waals surface area (Å²) in [6.07, 6.45) is 0. The molecule has 0 aliphatic carbocycles. The molecular formula is C21H20BrN3O3. The highest BCUT2D eigenvalue weighted by Gasteiger charge is 2.11. The lowest BCUT2D eigenvalue weighted by Crippen LogP contribution is -2.24. The van der Waals surface area contributed by atoms with Gasteiger partial charge in [0.05, 0.1) is 17.9 Å². The molecule has 0 saturated carbocycles. The molecule has 0 fully saturated rings. The van der Waals surface area contributed by atoms with Crippen molar-refractivity contribution in [1.82, 2.24) is 10.3 Å². The lowest BCUT2D eigenvalue weighted by molar-refractivity contribution is 0.0951. The largest absolute Gasteiger partial charge is 0.457 e. The zero-order valence-electron chi connectivity index (χ0n) is 15.3. The number of hydrogen-bond acceptors (Lipinski definition) is 5. The van der Waals surface area contributed by atoms with Gasteiger partial charge >= 0.3 is 0 Å². The number of nitrogens with two attached hydrogens (primary N) is 1. The number of nitrogens with one attached hydrogen (secondary N) is 1. The van der Waals surface area contributed by atoms with Crippen molar-refractivity contribution in [2.75, 3.05) is 12.8 Å². The number of aromatic nitrogens is 1. The second-order valence-electron chi connectivity index (χ2n) is 6.05. The maximum Gasteiger partial charge on any atom is 0.255 e. The SMILES string of the molecule is COCc1ccc(C(=O)NCc2ccc(Oc3ccc(Br)cc3)cc2)c(N)n1. The Labute approximate surface area is 171 Å². The topological polar surface area (TPSA) is 86.5 Å².